The van der Waals surface area contributed by atoms with Crippen LogP contribution in [0.3, 0.4) is 0 Å². The first kappa shape index (κ1) is 23.5. The van der Waals surface area contributed by atoms with Crippen molar-refractivity contribution in [2.75, 3.05) is 12.4 Å². The van der Waals surface area contributed by atoms with Crippen molar-refractivity contribution >= 4 is 34.7 Å². The van der Waals surface area contributed by atoms with Gasteiger partial charge in [0.1, 0.15) is 5.75 Å². The number of anilines is 1. The molecule has 11 heteroatoms. The molecule has 0 fully saturated rings. The van der Waals surface area contributed by atoms with Crippen molar-refractivity contribution in [1.29, 1.82) is 0 Å². The van der Waals surface area contributed by atoms with Gasteiger partial charge in [0, 0.05) is 16.8 Å². The highest BCUT2D eigenvalue weighted by atomic mass is 19.4. The summed E-state index contributed by atoms with van der Waals surface area (Å²) in [6.07, 6.45) is -3.12. The summed E-state index contributed by atoms with van der Waals surface area (Å²) in [5, 5.41) is 6.51. The van der Waals surface area contributed by atoms with Crippen molar-refractivity contribution in [3.05, 3.63) is 89.2 Å². The van der Waals surface area contributed by atoms with E-state index in [9.17, 15) is 22.8 Å². The molecule has 0 atom stereocenters. The zero-order valence-corrected chi connectivity index (χ0v) is 18.2. The van der Waals surface area contributed by atoms with Gasteiger partial charge in [-0.3, -0.25) is 9.59 Å². The number of nitrogens with one attached hydrogen (secondary N) is 3. The highest BCUT2D eigenvalue weighted by molar-refractivity contribution is 6.05. The first-order chi connectivity index (χ1) is 16.7. The maximum Gasteiger partial charge on any atom is 0.449 e. The fraction of sp³-hybridized carbons (Fsp3) is 0.0833. The first-order valence-electron chi connectivity index (χ1n) is 10.2. The molecule has 1 aromatic heterocycles. The van der Waals surface area contributed by atoms with Crippen LogP contribution in [0.15, 0.2) is 71.8 Å². The number of nitrogens with zero attached hydrogens (tertiary/aromatic N) is 2. The second-order valence-corrected chi connectivity index (χ2v) is 7.32. The predicted molar refractivity (Wildman–Crippen MR) is 124 cm³/mol. The number of ether oxygens (including phenoxy) is 1. The van der Waals surface area contributed by atoms with E-state index in [-0.39, 0.29) is 27.8 Å². The fourth-order valence-corrected chi connectivity index (χ4v) is 3.11. The standard InChI is InChI=1S/C24H18F3N5O3/c1-35-18-9-2-14(3-10-18)13-28-32-22(34)16-6-4-15(5-7-16)21(33)29-17-8-11-19-20(12-17)31-23(30-19)24(25,26)27/h2-13H,1H3,(H,29,33)(H,30,31)(H,32,34). The number of fused-ring (bicyclic) bond motifs is 1. The minimum absolute atomic E-state index is 0.0670. The lowest BCUT2D eigenvalue weighted by molar-refractivity contribution is -0.144. The van der Waals surface area contributed by atoms with Crippen molar-refractivity contribution < 1.29 is 27.5 Å². The molecule has 2 amide bonds. The first-order valence-corrected chi connectivity index (χ1v) is 10.2. The monoisotopic (exact) mass is 481 g/mol. The number of hydrazone groups is 1. The van der Waals surface area contributed by atoms with Crippen LogP contribution in [0.2, 0.25) is 0 Å². The number of aromatic nitrogens is 2. The van der Waals surface area contributed by atoms with Crippen LogP contribution in [0.25, 0.3) is 11.0 Å². The van der Waals surface area contributed by atoms with E-state index in [0.717, 1.165) is 5.56 Å². The SMILES string of the molecule is COc1ccc(C=NNC(=O)c2ccc(C(=O)Nc3ccc4[nH]c(C(F)(F)F)nc4c3)cc2)cc1. The summed E-state index contributed by atoms with van der Waals surface area (Å²) >= 11 is 0. The largest absolute Gasteiger partial charge is 0.497 e. The van der Waals surface area contributed by atoms with Gasteiger partial charge in [-0.2, -0.15) is 18.3 Å². The topological polar surface area (TPSA) is 108 Å². The highest BCUT2D eigenvalue weighted by Gasteiger charge is 2.34. The number of methoxy groups -OCH3 is 1. The number of H-pyrrole nitrogens is 1. The second-order valence-electron chi connectivity index (χ2n) is 7.32. The Labute approximate surface area is 196 Å². The Hall–Kier alpha value is -4.67. The van der Waals surface area contributed by atoms with Gasteiger partial charge in [-0.1, -0.05) is 0 Å². The number of rotatable bonds is 6. The lowest BCUT2D eigenvalue weighted by atomic mass is 10.1. The van der Waals surface area contributed by atoms with Crippen molar-refractivity contribution in [2.24, 2.45) is 5.10 Å². The number of carbonyl (C=O) groups is 2. The minimum atomic E-state index is -4.60. The molecule has 0 aliphatic heterocycles. The minimum Gasteiger partial charge on any atom is -0.497 e. The van der Waals surface area contributed by atoms with Gasteiger partial charge in [0.15, 0.2) is 0 Å². The van der Waals surface area contributed by atoms with E-state index >= 15 is 0 Å². The molecule has 3 aromatic carbocycles. The van der Waals surface area contributed by atoms with Crippen LogP contribution in [0, 0.1) is 0 Å². The van der Waals surface area contributed by atoms with E-state index in [1.54, 1.807) is 31.4 Å². The molecule has 0 radical (unpaired) electrons. The van der Waals surface area contributed by atoms with Crippen LogP contribution >= 0.6 is 0 Å². The van der Waals surface area contributed by atoms with Crippen LogP contribution in [0.4, 0.5) is 18.9 Å². The van der Waals surface area contributed by atoms with Gasteiger partial charge in [-0.05, 0) is 72.3 Å². The Balaban J connectivity index is 1.37. The number of amides is 2. The highest BCUT2D eigenvalue weighted by Crippen LogP contribution is 2.29. The molecule has 178 valence electrons. The van der Waals surface area contributed by atoms with Crippen molar-refractivity contribution in [3.63, 3.8) is 0 Å². The molecule has 1 heterocycles. The van der Waals surface area contributed by atoms with Gasteiger partial charge in [0.05, 0.1) is 24.4 Å². The number of alkyl halides is 3. The van der Waals surface area contributed by atoms with Crippen LogP contribution < -0.4 is 15.5 Å². The predicted octanol–water partition coefficient (Wildman–Crippen LogP) is 4.61. The molecule has 3 N–H and O–H groups in total. The second kappa shape index (κ2) is 9.67. The average Bonchev–Trinajstić information content (AvgIpc) is 3.29. The van der Waals surface area contributed by atoms with Gasteiger partial charge in [0.25, 0.3) is 11.8 Å². The lowest BCUT2D eigenvalue weighted by Crippen LogP contribution is -2.18. The molecule has 8 nitrogen and oxygen atoms in total. The Kier molecular flexibility index (Phi) is 6.49. The Morgan fingerprint density at radius 3 is 2.26 bits per heavy atom. The number of hydrogen-bond donors (Lipinski definition) is 3. The normalized spacial score (nSPS) is 11.5. The molecule has 0 unspecified atom stereocenters. The molecular formula is C24H18F3N5O3. The van der Waals surface area contributed by atoms with Crippen LogP contribution in [-0.4, -0.2) is 35.1 Å². The molecule has 4 aromatic rings. The van der Waals surface area contributed by atoms with Gasteiger partial charge in [-0.25, -0.2) is 10.4 Å². The van der Waals surface area contributed by atoms with Crippen molar-refractivity contribution in [3.8, 4) is 5.75 Å². The fourth-order valence-electron chi connectivity index (χ4n) is 3.11. The van der Waals surface area contributed by atoms with Crippen LogP contribution in [0.1, 0.15) is 32.1 Å². The molecule has 0 saturated heterocycles. The van der Waals surface area contributed by atoms with E-state index in [1.807, 2.05) is 0 Å². The van der Waals surface area contributed by atoms with Gasteiger partial charge < -0.3 is 15.0 Å². The average molecular weight is 481 g/mol. The third kappa shape index (κ3) is 5.64. The summed E-state index contributed by atoms with van der Waals surface area (Å²) in [5.41, 5.74) is 4.24. The molecular weight excluding hydrogens is 463 g/mol. The van der Waals surface area contributed by atoms with Crippen molar-refractivity contribution in [1.82, 2.24) is 15.4 Å². The summed E-state index contributed by atoms with van der Waals surface area (Å²) in [5.74, 6) is -1.38. The van der Waals surface area contributed by atoms with Gasteiger partial charge in [-0.15, -0.1) is 0 Å². The zero-order valence-electron chi connectivity index (χ0n) is 18.2. The Bertz CT molecular complexity index is 1390. The van der Waals surface area contributed by atoms with E-state index in [2.05, 4.69) is 25.8 Å². The number of hydrogen-bond acceptors (Lipinski definition) is 5. The molecule has 0 saturated carbocycles. The van der Waals surface area contributed by atoms with E-state index in [4.69, 9.17) is 4.74 Å². The van der Waals surface area contributed by atoms with Crippen LogP contribution in [-0.2, 0) is 6.18 Å². The summed E-state index contributed by atoms with van der Waals surface area (Å²) in [7, 11) is 1.56. The third-order valence-electron chi connectivity index (χ3n) is 4.91. The summed E-state index contributed by atoms with van der Waals surface area (Å²) in [6, 6.07) is 17.1. The Morgan fingerprint density at radius 1 is 0.971 bits per heavy atom. The van der Waals surface area contributed by atoms with Gasteiger partial charge in [0.2, 0.25) is 5.82 Å². The molecule has 4 rings (SSSR count). The molecule has 0 bridgehead atoms. The number of imidazole rings is 1. The summed E-state index contributed by atoms with van der Waals surface area (Å²) in [6.45, 7) is 0. The zero-order chi connectivity index (χ0) is 25.0. The number of carbonyl (C=O) groups excluding carboxylic acids is 2. The Morgan fingerprint density at radius 2 is 1.63 bits per heavy atom. The molecule has 0 aliphatic carbocycles. The number of benzene rings is 3. The summed E-state index contributed by atoms with van der Waals surface area (Å²) in [4.78, 5) is 30.5. The van der Waals surface area contributed by atoms with Gasteiger partial charge >= 0.3 is 6.18 Å². The number of halogens is 3. The summed E-state index contributed by atoms with van der Waals surface area (Å²) < 4.78 is 43.5. The molecule has 35 heavy (non-hydrogen) atoms. The quantitative estimate of drug-likeness (QED) is 0.276. The molecule has 0 aliphatic rings. The molecule has 0 spiro atoms. The van der Waals surface area contributed by atoms with E-state index < -0.39 is 23.8 Å². The lowest BCUT2D eigenvalue weighted by Gasteiger charge is -2.06. The number of aromatic amines is 1. The maximum atomic E-state index is 12.8. The third-order valence-corrected chi connectivity index (χ3v) is 4.91. The smallest absolute Gasteiger partial charge is 0.449 e. The van der Waals surface area contributed by atoms with Crippen molar-refractivity contribution in [2.45, 2.75) is 6.18 Å². The van der Waals surface area contributed by atoms with E-state index in [1.165, 1.54) is 48.7 Å². The maximum absolute atomic E-state index is 12.8. The van der Waals surface area contributed by atoms with E-state index in [0.29, 0.717) is 5.75 Å². The van der Waals surface area contributed by atoms with Crippen LogP contribution in [0.5, 0.6) is 5.75 Å².